The van der Waals surface area contributed by atoms with E-state index in [9.17, 15) is 8.42 Å². The van der Waals surface area contributed by atoms with E-state index in [2.05, 4.69) is 22.1 Å². The summed E-state index contributed by atoms with van der Waals surface area (Å²) in [4.78, 5) is 3.87. The average Bonchev–Trinajstić information content (AvgIpc) is 3.20. The number of hydrogen-bond acceptors (Lipinski definition) is 5. The van der Waals surface area contributed by atoms with Crippen molar-refractivity contribution in [1.82, 2.24) is 9.71 Å². The van der Waals surface area contributed by atoms with Crippen LogP contribution in [0.2, 0.25) is 0 Å². The molecule has 1 heterocycles. The Kier molecular flexibility index (Phi) is 3.84. The van der Waals surface area contributed by atoms with Gasteiger partial charge in [0.1, 0.15) is 0 Å². The number of pyridine rings is 1. The third-order valence-electron chi connectivity index (χ3n) is 3.20. The SMILES string of the molecule is CC(CNS(=O)(=O)c1ncccc1NN)C1CC1. The minimum atomic E-state index is -3.61. The second-order valence-electron chi connectivity index (χ2n) is 4.67. The van der Waals surface area contributed by atoms with Gasteiger partial charge in [-0.05, 0) is 36.8 Å². The molecule has 4 N–H and O–H groups in total. The van der Waals surface area contributed by atoms with Crippen LogP contribution in [0.4, 0.5) is 5.69 Å². The fourth-order valence-electron chi connectivity index (χ4n) is 1.86. The minimum absolute atomic E-state index is 0.0597. The van der Waals surface area contributed by atoms with Gasteiger partial charge in [-0.15, -0.1) is 0 Å². The van der Waals surface area contributed by atoms with Crippen molar-refractivity contribution < 1.29 is 8.42 Å². The van der Waals surface area contributed by atoms with E-state index in [1.54, 1.807) is 12.1 Å². The lowest BCUT2D eigenvalue weighted by molar-refractivity contribution is 0.491. The van der Waals surface area contributed by atoms with Crippen molar-refractivity contribution in [2.45, 2.75) is 24.8 Å². The minimum Gasteiger partial charge on any atom is -0.321 e. The molecule has 1 atom stereocenters. The van der Waals surface area contributed by atoms with E-state index in [0.717, 1.165) is 0 Å². The summed E-state index contributed by atoms with van der Waals surface area (Å²) in [5, 5.41) is -0.0597. The van der Waals surface area contributed by atoms with Crippen molar-refractivity contribution in [1.29, 1.82) is 0 Å². The smallest absolute Gasteiger partial charge is 0.260 e. The van der Waals surface area contributed by atoms with E-state index in [1.165, 1.54) is 19.0 Å². The lowest BCUT2D eigenvalue weighted by Crippen LogP contribution is -2.30. The average molecular weight is 270 g/mol. The van der Waals surface area contributed by atoms with Crippen LogP contribution in [0, 0.1) is 11.8 Å². The number of nitrogen functional groups attached to an aromatic ring is 1. The molecule has 18 heavy (non-hydrogen) atoms. The molecule has 0 bridgehead atoms. The molecule has 1 fully saturated rings. The van der Waals surface area contributed by atoms with E-state index >= 15 is 0 Å². The molecule has 1 unspecified atom stereocenters. The molecule has 2 rings (SSSR count). The van der Waals surface area contributed by atoms with Crippen LogP contribution in [0.25, 0.3) is 0 Å². The second kappa shape index (κ2) is 5.21. The highest BCUT2D eigenvalue weighted by Gasteiger charge is 2.29. The van der Waals surface area contributed by atoms with Crippen LogP contribution in [0.1, 0.15) is 19.8 Å². The van der Waals surface area contributed by atoms with E-state index in [-0.39, 0.29) is 5.03 Å². The van der Waals surface area contributed by atoms with Crippen LogP contribution < -0.4 is 16.0 Å². The van der Waals surface area contributed by atoms with Crippen molar-refractivity contribution >= 4 is 15.7 Å². The summed E-state index contributed by atoms with van der Waals surface area (Å²) in [6.45, 7) is 2.49. The zero-order valence-corrected chi connectivity index (χ0v) is 11.1. The molecule has 1 aromatic heterocycles. The fourth-order valence-corrected chi connectivity index (χ4v) is 3.09. The molecule has 1 aromatic rings. The monoisotopic (exact) mass is 270 g/mol. The lowest BCUT2D eigenvalue weighted by Gasteiger charge is -2.13. The molecule has 1 aliphatic rings. The Morgan fingerprint density at radius 2 is 2.28 bits per heavy atom. The number of nitrogens with zero attached hydrogens (tertiary/aromatic N) is 1. The molecule has 0 spiro atoms. The van der Waals surface area contributed by atoms with Gasteiger partial charge in [-0.3, -0.25) is 5.84 Å². The van der Waals surface area contributed by atoms with Gasteiger partial charge in [-0.1, -0.05) is 6.92 Å². The molecule has 7 heteroatoms. The van der Waals surface area contributed by atoms with E-state index in [1.807, 2.05) is 0 Å². The van der Waals surface area contributed by atoms with Crippen molar-refractivity contribution in [2.24, 2.45) is 17.7 Å². The van der Waals surface area contributed by atoms with Gasteiger partial charge >= 0.3 is 0 Å². The quantitative estimate of drug-likeness (QED) is 0.522. The number of anilines is 1. The number of nitrogens with two attached hydrogens (primary N) is 1. The Bertz CT molecular complexity index is 514. The first kappa shape index (κ1) is 13.3. The zero-order chi connectivity index (χ0) is 13.2. The highest BCUT2D eigenvalue weighted by atomic mass is 32.2. The van der Waals surface area contributed by atoms with E-state index in [4.69, 9.17) is 5.84 Å². The predicted molar refractivity (Wildman–Crippen MR) is 69.1 cm³/mol. The molecule has 0 amide bonds. The molecule has 1 saturated carbocycles. The highest BCUT2D eigenvalue weighted by Crippen LogP contribution is 2.36. The van der Waals surface area contributed by atoms with Gasteiger partial charge in [0.25, 0.3) is 10.0 Å². The van der Waals surface area contributed by atoms with Crippen LogP contribution in [0.15, 0.2) is 23.4 Å². The first-order chi connectivity index (χ1) is 8.54. The third kappa shape index (κ3) is 2.98. The fraction of sp³-hybridized carbons (Fsp3) is 0.545. The van der Waals surface area contributed by atoms with Crippen molar-refractivity contribution in [3.05, 3.63) is 18.3 Å². The van der Waals surface area contributed by atoms with Crippen LogP contribution >= 0.6 is 0 Å². The standard InChI is InChI=1S/C11H18N4O2S/c1-8(9-4-5-9)7-14-18(16,17)11-10(15-12)3-2-6-13-11/h2-3,6,8-9,14-15H,4-5,7,12H2,1H3. The number of aromatic nitrogens is 1. The van der Waals surface area contributed by atoms with Gasteiger partial charge in [-0.2, -0.15) is 0 Å². The summed E-state index contributed by atoms with van der Waals surface area (Å²) in [5.41, 5.74) is 2.64. The van der Waals surface area contributed by atoms with Gasteiger partial charge in [0.15, 0.2) is 5.03 Å². The molecule has 0 aromatic carbocycles. The number of hydrogen-bond donors (Lipinski definition) is 3. The molecule has 0 radical (unpaired) electrons. The molecular formula is C11H18N4O2S. The van der Waals surface area contributed by atoms with Crippen LogP contribution in [-0.2, 0) is 10.0 Å². The van der Waals surface area contributed by atoms with Crippen LogP contribution in [0.5, 0.6) is 0 Å². The number of nitrogens with one attached hydrogen (secondary N) is 2. The Balaban J connectivity index is 2.09. The van der Waals surface area contributed by atoms with Crippen molar-refractivity contribution in [3.63, 3.8) is 0 Å². The van der Waals surface area contributed by atoms with Gasteiger partial charge in [0, 0.05) is 12.7 Å². The first-order valence-electron chi connectivity index (χ1n) is 5.96. The molecule has 6 nitrogen and oxygen atoms in total. The maximum atomic E-state index is 12.1. The van der Waals surface area contributed by atoms with Crippen LogP contribution in [-0.4, -0.2) is 19.9 Å². The third-order valence-corrected chi connectivity index (χ3v) is 4.58. The largest absolute Gasteiger partial charge is 0.321 e. The number of sulfonamides is 1. The molecule has 0 aliphatic heterocycles. The topological polar surface area (TPSA) is 97.1 Å². The summed E-state index contributed by atoms with van der Waals surface area (Å²) in [6, 6.07) is 3.20. The van der Waals surface area contributed by atoms with Crippen molar-refractivity contribution in [2.75, 3.05) is 12.0 Å². The maximum Gasteiger partial charge on any atom is 0.260 e. The Labute approximate surface area is 107 Å². The number of hydrazine groups is 1. The lowest BCUT2D eigenvalue weighted by atomic mass is 10.1. The van der Waals surface area contributed by atoms with Gasteiger partial charge in [0.2, 0.25) is 0 Å². The molecular weight excluding hydrogens is 252 g/mol. The first-order valence-corrected chi connectivity index (χ1v) is 7.44. The van der Waals surface area contributed by atoms with Crippen molar-refractivity contribution in [3.8, 4) is 0 Å². The number of rotatable bonds is 6. The summed E-state index contributed by atoms with van der Waals surface area (Å²) < 4.78 is 26.8. The van der Waals surface area contributed by atoms with E-state index in [0.29, 0.717) is 24.1 Å². The Morgan fingerprint density at radius 1 is 1.56 bits per heavy atom. The summed E-state index contributed by atoms with van der Waals surface area (Å²) in [6.07, 6.45) is 3.82. The zero-order valence-electron chi connectivity index (χ0n) is 10.3. The molecule has 1 aliphatic carbocycles. The maximum absolute atomic E-state index is 12.1. The van der Waals surface area contributed by atoms with E-state index < -0.39 is 10.0 Å². The molecule has 100 valence electrons. The van der Waals surface area contributed by atoms with Crippen LogP contribution in [0.3, 0.4) is 0 Å². The Morgan fingerprint density at radius 3 is 2.89 bits per heavy atom. The van der Waals surface area contributed by atoms with Gasteiger partial charge in [0.05, 0.1) is 5.69 Å². The predicted octanol–water partition coefficient (Wildman–Crippen LogP) is 0.692. The Hall–Kier alpha value is -1.18. The highest BCUT2D eigenvalue weighted by molar-refractivity contribution is 7.89. The summed E-state index contributed by atoms with van der Waals surface area (Å²) in [5.74, 6) is 6.29. The summed E-state index contributed by atoms with van der Waals surface area (Å²) >= 11 is 0. The molecule has 0 saturated heterocycles. The normalized spacial score (nSPS) is 17.4. The second-order valence-corrected chi connectivity index (χ2v) is 6.35. The van der Waals surface area contributed by atoms with Gasteiger partial charge < -0.3 is 5.43 Å². The summed E-state index contributed by atoms with van der Waals surface area (Å²) in [7, 11) is -3.61. The van der Waals surface area contributed by atoms with Gasteiger partial charge in [-0.25, -0.2) is 18.1 Å².